The van der Waals surface area contributed by atoms with Gasteiger partial charge in [-0.1, -0.05) is 0 Å². The molecular formula is C15H19N3OS. The average Bonchev–Trinajstić information content (AvgIpc) is 3.07. The molecule has 0 saturated carbocycles. The molecule has 1 aliphatic rings. The van der Waals surface area contributed by atoms with Gasteiger partial charge in [-0.15, -0.1) is 11.3 Å². The number of carbonyl (C=O) groups excluding carboxylic acids is 1. The van der Waals surface area contributed by atoms with Gasteiger partial charge < -0.3 is 0 Å². The van der Waals surface area contributed by atoms with E-state index in [1.165, 1.54) is 40.3 Å². The molecule has 4 nitrogen and oxygen atoms in total. The number of nitrogens with zero attached hydrogens (tertiary/aromatic N) is 2. The number of rotatable bonds is 5. The number of aromatic nitrogens is 2. The summed E-state index contributed by atoms with van der Waals surface area (Å²) in [5, 5.41) is 9.66. The van der Waals surface area contributed by atoms with Crippen LogP contribution in [0.25, 0.3) is 0 Å². The Morgan fingerprint density at radius 1 is 1.45 bits per heavy atom. The van der Waals surface area contributed by atoms with E-state index in [4.69, 9.17) is 0 Å². The molecule has 2 heterocycles. The Morgan fingerprint density at radius 3 is 3.05 bits per heavy atom. The number of aromatic amines is 1. The fourth-order valence-electron chi connectivity index (χ4n) is 2.79. The zero-order chi connectivity index (χ0) is 14.1. The molecule has 0 saturated heterocycles. The number of hydrogen-bond donors (Lipinski definition) is 1. The standard InChI is InChI=1S/C15H19N3OS/c1-10(19)15-6-11(9-20-15)7-18(2)8-14-12-4-3-5-13(12)16-17-14/h6,9H,3-5,7-8H2,1-2H3,(H,16,17). The van der Waals surface area contributed by atoms with E-state index < -0.39 is 0 Å². The molecule has 0 amide bonds. The summed E-state index contributed by atoms with van der Waals surface area (Å²) >= 11 is 1.53. The Hall–Kier alpha value is -1.46. The van der Waals surface area contributed by atoms with Crippen molar-refractivity contribution in [3.63, 3.8) is 0 Å². The molecule has 20 heavy (non-hydrogen) atoms. The molecule has 0 unspecified atom stereocenters. The molecule has 0 bridgehead atoms. The zero-order valence-electron chi connectivity index (χ0n) is 11.9. The summed E-state index contributed by atoms with van der Waals surface area (Å²) in [6.45, 7) is 3.33. The third kappa shape index (κ3) is 2.69. The Bertz CT molecular complexity index is 629. The maximum absolute atomic E-state index is 11.3. The van der Waals surface area contributed by atoms with E-state index in [0.29, 0.717) is 0 Å². The van der Waals surface area contributed by atoms with Gasteiger partial charge in [-0.3, -0.25) is 14.8 Å². The molecule has 2 aromatic heterocycles. The number of thiophene rings is 1. The van der Waals surface area contributed by atoms with E-state index in [-0.39, 0.29) is 5.78 Å². The summed E-state index contributed by atoms with van der Waals surface area (Å²) in [7, 11) is 2.10. The topological polar surface area (TPSA) is 49.0 Å². The van der Waals surface area contributed by atoms with Crippen molar-refractivity contribution in [2.45, 2.75) is 39.3 Å². The van der Waals surface area contributed by atoms with Crippen LogP contribution >= 0.6 is 11.3 Å². The summed E-state index contributed by atoms with van der Waals surface area (Å²) in [5.74, 6) is 0.147. The lowest BCUT2D eigenvalue weighted by Gasteiger charge is -2.14. The van der Waals surface area contributed by atoms with Crippen molar-refractivity contribution in [3.05, 3.63) is 38.8 Å². The quantitative estimate of drug-likeness (QED) is 0.861. The summed E-state index contributed by atoms with van der Waals surface area (Å²) in [6.07, 6.45) is 3.54. The number of nitrogens with one attached hydrogen (secondary N) is 1. The van der Waals surface area contributed by atoms with Gasteiger partial charge in [0.2, 0.25) is 0 Å². The number of aryl methyl sites for hydroxylation is 1. The van der Waals surface area contributed by atoms with Crippen LogP contribution in [0.1, 0.15) is 45.5 Å². The van der Waals surface area contributed by atoms with Crippen LogP contribution in [-0.4, -0.2) is 27.9 Å². The SMILES string of the molecule is CC(=O)c1cc(CN(C)Cc2n[nH]c3c2CCC3)cs1. The Kier molecular flexibility index (Phi) is 3.72. The largest absolute Gasteiger partial charge is 0.296 e. The average molecular weight is 289 g/mol. The number of fused-ring (bicyclic) bond motifs is 1. The molecule has 0 fully saturated rings. The molecule has 0 aliphatic heterocycles. The highest BCUT2D eigenvalue weighted by atomic mass is 32.1. The fraction of sp³-hybridized carbons (Fsp3) is 0.467. The van der Waals surface area contributed by atoms with E-state index >= 15 is 0 Å². The molecule has 1 N–H and O–H groups in total. The maximum Gasteiger partial charge on any atom is 0.169 e. The summed E-state index contributed by atoms with van der Waals surface area (Å²) in [6, 6.07) is 2.00. The minimum absolute atomic E-state index is 0.147. The first-order chi connectivity index (χ1) is 9.63. The molecule has 0 aromatic carbocycles. The molecule has 106 valence electrons. The normalized spacial score (nSPS) is 13.9. The second-order valence-electron chi connectivity index (χ2n) is 5.53. The third-order valence-corrected chi connectivity index (χ3v) is 4.84. The smallest absolute Gasteiger partial charge is 0.169 e. The van der Waals surface area contributed by atoms with Crippen LogP contribution in [0, 0.1) is 0 Å². The van der Waals surface area contributed by atoms with Crippen LogP contribution in [0.5, 0.6) is 0 Å². The van der Waals surface area contributed by atoms with E-state index in [0.717, 1.165) is 30.8 Å². The highest BCUT2D eigenvalue weighted by Crippen LogP contribution is 2.24. The van der Waals surface area contributed by atoms with Crippen LogP contribution in [0.15, 0.2) is 11.4 Å². The first-order valence-corrected chi connectivity index (χ1v) is 7.83. The Morgan fingerprint density at radius 2 is 2.30 bits per heavy atom. The summed E-state index contributed by atoms with van der Waals surface area (Å²) < 4.78 is 0. The van der Waals surface area contributed by atoms with Crippen molar-refractivity contribution in [1.29, 1.82) is 0 Å². The van der Waals surface area contributed by atoms with Crippen LogP contribution in [-0.2, 0) is 25.9 Å². The second kappa shape index (κ2) is 5.50. The van der Waals surface area contributed by atoms with Gasteiger partial charge in [-0.2, -0.15) is 5.10 Å². The molecule has 2 aromatic rings. The highest BCUT2D eigenvalue weighted by molar-refractivity contribution is 7.12. The number of carbonyl (C=O) groups is 1. The van der Waals surface area contributed by atoms with E-state index in [1.54, 1.807) is 6.92 Å². The Balaban J connectivity index is 1.64. The molecule has 1 aliphatic carbocycles. The van der Waals surface area contributed by atoms with Crippen molar-refractivity contribution >= 4 is 17.1 Å². The minimum Gasteiger partial charge on any atom is -0.296 e. The van der Waals surface area contributed by atoms with Gasteiger partial charge in [0.1, 0.15) is 0 Å². The minimum atomic E-state index is 0.147. The second-order valence-corrected chi connectivity index (χ2v) is 6.44. The molecular weight excluding hydrogens is 270 g/mol. The fourth-order valence-corrected chi connectivity index (χ4v) is 3.59. The van der Waals surface area contributed by atoms with Gasteiger partial charge in [0, 0.05) is 18.8 Å². The first kappa shape index (κ1) is 13.5. The van der Waals surface area contributed by atoms with Gasteiger partial charge in [-0.05, 0) is 55.8 Å². The highest BCUT2D eigenvalue weighted by Gasteiger charge is 2.19. The van der Waals surface area contributed by atoms with Crippen LogP contribution < -0.4 is 0 Å². The molecule has 0 radical (unpaired) electrons. The summed E-state index contributed by atoms with van der Waals surface area (Å²) in [5.41, 5.74) is 5.13. The predicted molar refractivity (Wildman–Crippen MR) is 80.1 cm³/mol. The lowest BCUT2D eigenvalue weighted by molar-refractivity contribution is 0.102. The number of ketones is 1. The van der Waals surface area contributed by atoms with Gasteiger partial charge in [-0.25, -0.2) is 0 Å². The van der Waals surface area contributed by atoms with Crippen LogP contribution in [0.3, 0.4) is 0 Å². The number of hydrogen-bond acceptors (Lipinski definition) is 4. The van der Waals surface area contributed by atoms with E-state index in [2.05, 4.69) is 27.5 Å². The van der Waals surface area contributed by atoms with Crippen molar-refractivity contribution in [2.24, 2.45) is 0 Å². The maximum atomic E-state index is 11.3. The third-order valence-electron chi connectivity index (χ3n) is 3.76. The van der Waals surface area contributed by atoms with Gasteiger partial charge in [0.15, 0.2) is 5.78 Å². The first-order valence-electron chi connectivity index (χ1n) is 6.95. The molecule has 3 rings (SSSR count). The van der Waals surface area contributed by atoms with Gasteiger partial charge in [0.05, 0.1) is 10.6 Å². The number of Topliss-reactive ketones (excluding diaryl/α,β-unsaturated/α-hetero) is 1. The van der Waals surface area contributed by atoms with Crippen molar-refractivity contribution in [2.75, 3.05) is 7.05 Å². The van der Waals surface area contributed by atoms with Crippen molar-refractivity contribution in [1.82, 2.24) is 15.1 Å². The lowest BCUT2D eigenvalue weighted by Crippen LogP contribution is -2.18. The van der Waals surface area contributed by atoms with Crippen molar-refractivity contribution in [3.8, 4) is 0 Å². The van der Waals surface area contributed by atoms with Crippen LogP contribution in [0.2, 0.25) is 0 Å². The lowest BCUT2D eigenvalue weighted by atomic mass is 10.2. The zero-order valence-corrected chi connectivity index (χ0v) is 12.7. The van der Waals surface area contributed by atoms with E-state index in [1.807, 2.05) is 6.07 Å². The number of H-pyrrole nitrogens is 1. The van der Waals surface area contributed by atoms with Gasteiger partial charge in [0.25, 0.3) is 0 Å². The molecule has 0 spiro atoms. The predicted octanol–water partition coefficient (Wildman–Crippen LogP) is 2.79. The monoisotopic (exact) mass is 289 g/mol. The van der Waals surface area contributed by atoms with E-state index in [9.17, 15) is 4.79 Å². The molecule has 0 atom stereocenters. The van der Waals surface area contributed by atoms with Gasteiger partial charge >= 0.3 is 0 Å². The van der Waals surface area contributed by atoms with Crippen molar-refractivity contribution < 1.29 is 4.79 Å². The Labute approximate surface area is 122 Å². The van der Waals surface area contributed by atoms with Crippen LogP contribution in [0.4, 0.5) is 0 Å². The molecule has 5 heteroatoms. The summed E-state index contributed by atoms with van der Waals surface area (Å²) in [4.78, 5) is 14.4.